The van der Waals surface area contributed by atoms with Gasteiger partial charge in [-0.3, -0.25) is 4.79 Å². The monoisotopic (exact) mass is 455 g/mol. The van der Waals surface area contributed by atoms with Crippen LogP contribution >= 0.6 is 0 Å². The Morgan fingerprint density at radius 3 is 2.62 bits per heavy atom. The van der Waals surface area contributed by atoms with Crippen LogP contribution in [0.25, 0.3) is 11.0 Å². The van der Waals surface area contributed by atoms with Crippen molar-refractivity contribution in [3.63, 3.8) is 0 Å². The first kappa shape index (κ1) is 23.6. The van der Waals surface area contributed by atoms with E-state index < -0.39 is 0 Å². The fourth-order valence-corrected chi connectivity index (χ4v) is 4.19. The summed E-state index contributed by atoms with van der Waals surface area (Å²) in [5, 5.41) is 3.06. The number of aromatic nitrogens is 2. The molecule has 0 unspecified atom stereocenters. The maximum Gasteiger partial charge on any atom is 0.224 e. The normalized spacial score (nSPS) is 11.0. The SMILES string of the molecule is Cc1ccc(C)c(OCCCn2c(CCNC(=O)Cc3ccccc3C)nc3ccccc32)c1. The van der Waals surface area contributed by atoms with Gasteiger partial charge in [0.15, 0.2) is 0 Å². The van der Waals surface area contributed by atoms with Crippen molar-refractivity contribution in [2.45, 2.75) is 46.6 Å². The molecule has 5 heteroatoms. The standard InChI is InChI=1S/C29H33N3O2/c1-21-13-14-23(3)27(19-21)34-18-8-17-32-26-12-7-6-11-25(26)31-28(32)15-16-30-29(33)20-24-10-5-4-9-22(24)2/h4-7,9-14,19H,8,15-18,20H2,1-3H3,(H,30,33). The molecule has 0 aliphatic carbocycles. The second-order valence-corrected chi connectivity index (χ2v) is 8.84. The summed E-state index contributed by atoms with van der Waals surface area (Å²) in [4.78, 5) is 17.3. The van der Waals surface area contributed by atoms with Crippen LogP contribution in [0, 0.1) is 20.8 Å². The van der Waals surface area contributed by atoms with Crippen LogP contribution in [0.1, 0.15) is 34.5 Å². The number of imidazole rings is 1. The van der Waals surface area contributed by atoms with E-state index in [2.05, 4.69) is 48.0 Å². The number of carbonyl (C=O) groups is 1. The molecule has 0 saturated heterocycles. The van der Waals surface area contributed by atoms with E-state index in [0.717, 1.165) is 52.3 Å². The number of amides is 1. The summed E-state index contributed by atoms with van der Waals surface area (Å²) in [7, 11) is 0. The highest BCUT2D eigenvalue weighted by Gasteiger charge is 2.12. The molecule has 0 saturated carbocycles. The van der Waals surface area contributed by atoms with Crippen molar-refractivity contribution in [2.75, 3.05) is 13.2 Å². The zero-order valence-electron chi connectivity index (χ0n) is 20.3. The number of carbonyl (C=O) groups excluding carboxylic acids is 1. The number of rotatable bonds is 10. The highest BCUT2D eigenvalue weighted by molar-refractivity contribution is 5.79. The van der Waals surface area contributed by atoms with Crippen molar-refractivity contribution >= 4 is 16.9 Å². The summed E-state index contributed by atoms with van der Waals surface area (Å²) >= 11 is 0. The van der Waals surface area contributed by atoms with Crippen LogP contribution in [0.15, 0.2) is 66.7 Å². The first-order chi connectivity index (χ1) is 16.5. The van der Waals surface area contributed by atoms with E-state index in [-0.39, 0.29) is 5.91 Å². The van der Waals surface area contributed by atoms with E-state index in [4.69, 9.17) is 9.72 Å². The predicted octanol–water partition coefficient (Wildman–Crippen LogP) is 5.33. The van der Waals surface area contributed by atoms with Crippen LogP contribution in [0.5, 0.6) is 5.75 Å². The average molecular weight is 456 g/mol. The molecule has 34 heavy (non-hydrogen) atoms. The molecule has 4 aromatic rings. The lowest BCUT2D eigenvalue weighted by molar-refractivity contribution is -0.120. The van der Waals surface area contributed by atoms with Gasteiger partial charge in [-0.15, -0.1) is 0 Å². The Kier molecular flexibility index (Phi) is 7.63. The Balaban J connectivity index is 1.35. The largest absolute Gasteiger partial charge is 0.493 e. The molecular weight excluding hydrogens is 422 g/mol. The summed E-state index contributed by atoms with van der Waals surface area (Å²) in [5.41, 5.74) is 6.67. The summed E-state index contributed by atoms with van der Waals surface area (Å²) in [6.45, 7) is 8.21. The lowest BCUT2D eigenvalue weighted by Crippen LogP contribution is -2.28. The van der Waals surface area contributed by atoms with Gasteiger partial charge in [0.1, 0.15) is 11.6 Å². The summed E-state index contributed by atoms with van der Waals surface area (Å²) in [6.07, 6.45) is 1.96. The molecule has 1 aromatic heterocycles. The molecule has 176 valence electrons. The predicted molar refractivity (Wildman–Crippen MR) is 137 cm³/mol. The first-order valence-corrected chi connectivity index (χ1v) is 12.0. The molecule has 1 N–H and O–H groups in total. The van der Waals surface area contributed by atoms with E-state index in [1.807, 2.05) is 49.4 Å². The van der Waals surface area contributed by atoms with E-state index >= 15 is 0 Å². The molecule has 0 fully saturated rings. The quantitative estimate of drug-likeness (QED) is 0.329. The van der Waals surface area contributed by atoms with Crippen LogP contribution in [0.3, 0.4) is 0 Å². The molecule has 4 rings (SSSR count). The third-order valence-electron chi connectivity index (χ3n) is 6.14. The lowest BCUT2D eigenvalue weighted by Gasteiger charge is -2.12. The number of nitrogens with one attached hydrogen (secondary N) is 1. The molecule has 1 amide bonds. The van der Waals surface area contributed by atoms with Crippen molar-refractivity contribution in [1.29, 1.82) is 0 Å². The van der Waals surface area contributed by atoms with Crippen LogP contribution in [0.2, 0.25) is 0 Å². The number of fused-ring (bicyclic) bond motifs is 1. The van der Waals surface area contributed by atoms with Gasteiger partial charge in [-0.2, -0.15) is 0 Å². The van der Waals surface area contributed by atoms with Crippen molar-refractivity contribution in [2.24, 2.45) is 0 Å². The zero-order chi connectivity index (χ0) is 23.9. The maximum atomic E-state index is 12.5. The van der Waals surface area contributed by atoms with Crippen molar-refractivity contribution in [3.05, 3.63) is 94.8 Å². The van der Waals surface area contributed by atoms with Crippen molar-refractivity contribution < 1.29 is 9.53 Å². The molecule has 0 bridgehead atoms. The van der Waals surface area contributed by atoms with Crippen molar-refractivity contribution in [1.82, 2.24) is 14.9 Å². The summed E-state index contributed by atoms with van der Waals surface area (Å²) in [5.74, 6) is 1.98. The molecule has 0 aliphatic heterocycles. The van der Waals surface area contributed by atoms with Crippen LogP contribution < -0.4 is 10.1 Å². The summed E-state index contributed by atoms with van der Waals surface area (Å²) < 4.78 is 8.32. The molecule has 0 aliphatic rings. The second kappa shape index (κ2) is 11.0. The Hall–Kier alpha value is -3.60. The van der Waals surface area contributed by atoms with Gasteiger partial charge in [0.05, 0.1) is 24.1 Å². The average Bonchev–Trinajstić information content (AvgIpc) is 3.17. The van der Waals surface area contributed by atoms with Crippen LogP contribution in [-0.4, -0.2) is 28.6 Å². The number of hydrogen-bond donors (Lipinski definition) is 1. The minimum absolute atomic E-state index is 0.0406. The minimum Gasteiger partial charge on any atom is -0.493 e. The molecule has 1 heterocycles. The molecular formula is C29H33N3O2. The highest BCUT2D eigenvalue weighted by Crippen LogP contribution is 2.20. The summed E-state index contributed by atoms with van der Waals surface area (Å²) in [6, 6.07) is 22.5. The van der Waals surface area contributed by atoms with Gasteiger partial charge in [0, 0.05) is 19.5 Å². The Bertz CT molecular complexity index is 1280. The number of hydrogen-bond acceptors (Lipinski definition) is 3. The number of ether oxygens (including phenoxy) is 1. The van der Waals surface area contributed by atoms with Gasteiger partial charge in [-0.1, -0.05) is 48.5 Å². The van der Waals surface area contributed by atoms with Gasteiger partial charge < -0.3 is 14.6 Å². The maximum absolute atomic E-state index is 12.5. The fourth-order valence-electron chi connectivity index (χ4n) is 4.19. The zero-order valence-corrected chi connectivity index (χ0v) is 20.3. The second-order valence-electron chi connectivity index (χ2n) is 8.84. The van der Waals surface area contributed by atoms with E-state index in [1.54, 1.807) is 0 Å². The van der Waals surface area contributed by atoms with Crippen molar-refractivity contribution in [3.8, 4) is 5.75 Å². The third kappa shape index (κ3) is 5.84. The third-order valence-corrected chi connectivity index (χ3v) is 6.14. The Morgan fingerprint density at radius 2 is 1.76 bits per heavy atom. The molecule has 0 spiro atoms. The number of nitrogens with zero attached hydrogens (tertiary/aromatic N) is 2. The van der Waals surface area contributed by atoms with Gasteiger partial charge in [0.2, 0.25) is 5.91 Å². The molecule has 5 nitrogen and oxygen atoms in total. The van der Waals surface area contributed by atoms with E-state index in [9.17, 15) is 4.79 Å². The molecule has 3 aromatic carbocycles. The van der Waals surface area contributed by atoms with Gasteiger partial charge in [-0.25, -0.2) is 4.98 Å². The Labute approximate surface area is 201 Å². The van der Waals surface area contributed by atoms with Gasteiger partial charge >= 0.3 is 0 Å². The smallest absolute Gasteiger partial charge is 0.224 e. The lowest BCUT2D eigenvalue weighted by atomic mass is 10.1. The van der Waals surface area contributed by atoms with E-state index in [1.165, 1.54) is 5.56 Å². The molecule has 0 radical (unpaired) electrons. The molecule has 0 atom stereocenters. The van der Waals surface area contributed by atoms with E-state index in [0.29, 0.717) is 26.0 Å². The van der Waals surface area contributed by atoms with Crippen LogP contribution in [-0.2, 0) is 24.2 Å². The first-order valence-electron chi connectivity index (χ1n) is 12.0. The Morgan fingerprint density at radius 1 is 0.971 bits per heavy atom. The number of aryl methyl sites for hydroxylation is 4. The van der Waals surface area contributed by atoms with Gasteiger partial charge in [-0.05, 0) is 67.6 Å². The number of para-hydroxylation sites is 2. The highest BCUT2D eigenvalue weighted by atomic mass is 16.5. The van der Waals surface area contributed by atoms with Gasteiger partial charge in [0.25, 0.3) is 0 Å². The number of benzene rings is 3. The minimum atomic E-state index is 0.0406. The van der Waals surface area contributed by atoms with Crippen LogP contribution in [0.4, 0.5) is 0 Å². The fraction of sp³-hybridized carbons (Fsp3) is 0.310. The topological polar surface area (TPSA) is 56.1 Å².